The van der Waals surface area contributed by atoms with E-state index in [-0.39, 0.29) is 6.61 Å². The van der Waals surface area contributed by atoms with Crippen molar-refractivity contribution < 1.29 is 5.11 Å². The Morgan fingerprint density at radius 3 is 2.81 bits per heavy atom. The van der Waals surface area contributed by atoms with E-state index in [4.69, 9.17) is 10.4 Å². The summed E-state index contributed by atoms with van der Waals surface area (Å²) in [4.78, 5) is 0. The Morgan fingerprint density at radius 1 is 1.50 bits per heavy atom. The van der Waals surface area contributed by atoms with Crippen molar-refractivity contribution >= 4 is 0 Å². The minimum atomic E-state index is 0.255. The van der Waals surface area contributed by atoms with Crippen LogP contribution in [0.3, 0.4) is 0 Å². The highest BCUT2D eigenvalue weighted by Gasteiger charge is 2.07. The predicted octanol–water partition coefficient (Wildman–Crippen LogP) is 1.07. The van der Waals surface area contributed by atoms with Crippen LogP contribution in [-0.4, -0.2) is 22.8 Å². The summed E-state index contributed by atoms with van der Waals surface area (Å²) in [6.45, 7) is 3.96. The monoisotopic (exact) mass is 221 g/mol. The van der Waals surface area contributed by atoms with Gasteiger partial charge in [0.25, 0.3) is 0 Å². The molecule has 0 spiro atoms. The average molecular weight is 221 g/mol. The highest BCUT2D eigenvalue weighted by Crippen LogP contribution is 2.12. The summed E-state index contributed by atoms with van der Waals surface area (Å²) in [5, 5.41) is 20.8. The van der Waals surface area contributed by atoms with Crippen molar-refractivity contribution in [3.63, 3.8) is 0 Å². The summed E-state index contributed by atoms with van der Waals surface area (Å²) in [6.07, 6.45) is 1.82. The molecule has 0 atom stereocenters. The molecule has 0 aliphatic carbocycles. The summed E-state index contributed by atoms with van der Waals surface area (Å²) in [6, 6.07) is 4.09. The fraction of sp³-hybridized carbons (Fsp3) is 0.583. The fourth-order valence-electron chi connectivity index (χ4n) is 1.63. The Balaban J connectivity index is 2.46. The Morgan fingerprint density at radius 2 is 2.25 bits per heavy atom. The molecule has 16 heavy (non-hydrogen) atoms. The molecule has 88 valence electrons. The lowest BCUT2D eigenvalue weighted by molar-refractivity contribution is 0.283. The zero-order valence-corrected chi connectivity index (χ0v) is 9.95. The van der Waals surface area contributed by atoms with Gasteiger partial charge in [0.1, 0.15) is 11.8 Å². The zero-order valence-electron chi connectivity index (χ0n) is 9.95. The molecule has 4 heteroatoms. The van der Waals surface area contributed by atoms with Gasteiger partial charge >= 0.3 is 0 Å². The number of nitriles is 1. The second-order valence-electron chi connectivity index (χ2n) is 3.92. The van der Waals surface area contributed by atoms with E-state index in [0.717, 1.165) is 31.6 Å². The normalized spacial score (nSPS) is 10.4. The average Bonchev–Trinajstić information content (AvgIpc) is 2.56. The largest absolute Gasteiger partial charge is 0.396 e. The number of hydrogen-bond donors (Lipinski definition) is 2. The molecule has 0 aromatic carbocycles. The van der Waals surface area contributed by atoms with E-state index in [0.29, 0.717) is 5.69 Å². The molecular formula is C12H19N3O. The van der Waals surface area contributed by atoms with Crippen LogP contribution in [0, 0.1) is 18.3 Å². The second-order valence-corrected chi connectivity index (χ2v) is 3.92. The van der Waals surface area contributed by atoms with Gasteiger partial charge in [-0.15, -0.1) is 0 Å². The molecule has 1 heterocycles. The van der Waals surface area contributed by atoms with E-state index < -0.39 is 0 Å². The van der Waals surface area contributed by atoms with Crippen LogP contribution in [-0.2, 0) is 13.6 Å². The molecule has 1 rings (SSSR count). The number of unbranched alkanes of at least 4 members (excludes halogenated alkanes) is 1. The maximum absolute atomic E-state index is 8.88. The van der Waals surface area contributed by atoms with Crippen molar-refractivity contribution in [3.8, 4) is 6.07 Å². The van der Waals surface area contributed by atoms with Gasteiger partial charge in [-0.25, -0.2) is 0 Å². The third kappa shape index (κ3) is 3.09. The summed E-state index contributed by atoms with van der Waals surface area (Å²) in [7, 11) is 1.91. The third-order valence-corrected chi connectivity index (χ3v) is 2.83. The van der Waals surface area contributed by atoms with Gasteiger partial charge in [-0.1, -0.05) is 0 Å². The molecule has 0 aliphatic rings. The van der Waals surface area contributed by atoms with E-state index in [9.17, 15) is 0 Å². The lowest BCUT2D eigenvalue weighted by Crippen LogP contribution is -2.15. The van der Waals surface area contributed by atoms with Gasteiger partial charge in [-0.05, 0) is 37.9 Å². The number of rotatable bonds is 6. The maximum atomic E-state index is 8.88. The molecular weight excluding hydrogens is 202 g/mol. The molecule has 0 saturated carbocycles. The van der Waals surface area contributed by atoms with E-state index in [1.807, 2.05) is 24.6 Å². The first kappa shape index (κ1) is 12.8. The molecule has 0 bridgehead atoms. The van der Waals surface area contributed by atoms with Crippen molar-refractivity contribution in [2.24, 2.45) is 7.05 Å². The van der Waals surface area contributed by atoms with Gasteiger partial charge < -0.3 is 15.0 Å². The quantitative estimate of drug-likeness (QED) is 0.706. The first-order chi connectivity index (χ1) is 7.70. The van der Waals surface area contributed by atoms with Crippen LogP contribution in [0.15, 0.2) is 6.07 Å². The minimum absolute atomic E-state index is 0.255. The first-order valence-corrected chi connectivity index (χ1v) is 5.57. The van der Waals surface area contributed by atoms with Crippen LogP contribution in [0.25, 0.3) is 0 Å². The van der Waals surface area contributed by atoms with Crippen LogP contribution in [0.2, 0.25) is 0 Å². The SMILES string of the molecule is Cc1c(CNCCCCO)cc(C#N)n1C. The van der Waals surface area contributed by atoms with E-state index in [1.165, 1.54) is 5.56 Å². The van der Waals surface area contributed by atoms with Gasteiger partial charge in [-0.2, -0.15) is 5.26 Å². The van der Waals surface area contributed by atoms with Crippen LogP contribution >= 0.6 is 0 Å². The van der Waals surface area contributed by atoms with Gasteiger partial charge in [0.15, 0.2) is 0 Å². The number of nitrogens with zero attached hydrogens (tertiary/aromatic N) is 2. The Bertz CT molecular complexity index is 376. The molecule has 0 amide bonds. The summed E-state index contributed by atoms with van der Waals surface area (Å²) in [5.41, 5.74) is 3.00. The number of hydrogen-bond acceptors (Lipinski definition) is 3. The van der Waals surface area contributed by atoms with E-state index in [2.05, 4.69) is 11.4 Å². The van der Waals surface area contributed by atoms with Gasteiger partial charge in [-0.3, -0.25) is 0 Å². The van der Waals surface area contributed by atoms with Crippen LogP contribution < -0.4 is 5.32 Å². The number of nitrogens with one attached hydrogen (secondary N) is 1. The van der Waals surface area contributed by atoms with Crippen molar-refractivity contribution in [1.29, 1.82) is 5.26 Å². The van der Waals surface area contributed by atoms with Crippen molar-refractivity contribution in [1.82, 2.24) is 9.88 Å². The first-order valence-electron chi connectivity index (χ1n) is 5.57. The molecule has 0 aliphatic heterocycles. The molecule has 4 nitrogen and oxygen atoms in total. The van der Waals surface area contributed by atoms with E-state index in [1.54, 1.807) is 0 Å². The molecule has 2 N–H and O–H groups in total. The van der Waals surface area contributed by atoms with Crippen LogP contribution in [0.5, 0.6) is 0 Å². The van der Waals surface area contributed by atoms with Gasteiger partial charge in [0.05, 0.1) is 0 Å². The molecule has 0 radical (unpaired) electrons. The topological polar surface area (TPSA) is 61.0 Å². The van der Waals surface area contributed by atoms with Gasteiger partial charge in [0.2, 0.25) is 0 Å². The molecule has 0 saturated heterocycles. The molecule has 1 aromatic heterocycles. The minimum Gasteiger partial charge on any atom is -0.396 e. The Kier molecular flexibility index (Phi) is 5.03. The molecule has 1 aromatic rings. The van der Waals surface area contributed by atoms with Crippen molar-refractivity contribution in [2.75, 3.05) is 13.2 Å². The molecule has 0 unspecified atom stereocenters. The number of aliphatic hydroxyl groups excluding tert-OH is 1. The highest BCUT2D eigenvalue weighted by atomic mass is 16.2. The van der Waals surface area contributed by atoms with Crippen molar-refractivity contribution in [3.05, 3.63) is 23.0 Å². The predicted molar refractivity (Wildman–Crippen MR) is 62.9 cm³/mol. The summed E-state index contributed by atoms with van der Waals surface area (Å²) < 4.78 is 1.91. The van der Waals surface area contributed by atoms with Crippen LogP contribution in [0.1, 0.15) is 29.8 Å². The highest BCUT2D eigenvalue weighted by molar-refractivity contribution is 5.33. The lowest BCUT2D eigenvalue weighted by atomic mass is 10.2. The smallest absolute Gasteiger partial charge is 0.120 e. The van der Waals surface area contributed by atoms with E-state index >= 15 is 0 Å². The summed E-state index contributed by atoms with van der Waals surface area (Å²) in [5.74, 6) is 0. The van der Waals surface area contributed by atoms with Crippen molar-refractivity contribution in [2.45, 2.75) is 26.3 Å². The lowest BCUT2D eigenvalue weighted by Gasteiger charge is -2.04. The maximum Gasteiger partial charge on any atom is 0.120 e. The second kappa shape index (κ2) is 6.31. The number of aliphatic hydroxyl groups is 1. The van der Waals surface area contributed by atoms with Gasteiger partial charge in [0, 0.05) is 25.9 Å². The van der Waals surface area contributed by atoms with Crippen LogP contribution in [0.4, 0.5) is 0 Å². The molecule has 0 fully saturated rings. The summed E-state index contributed by atoms with van der Waals surface area (Å²) >= 11 is 0. The Hall–Kier alpha value is -1.31. The zero-order chi connectivity index (χ0) is 12.0. The fourth-order valence-corrected chi connectivity index (χ4v) is 1.63. The Labute approximate surface area is 96.5 Å². The standard InChI is InChI=1S/C12H19N3O/c1-10-11(7-12(8-13)15(10)2)9-14-5-3-4-6-16/h7,14,16H,3-6,9H2,1-2H3. The number of aromatic nitrogens is 1. The third-order valence-electron chi connectivity index (χ3n) is 2.83.